The normalized spacial score (nSPS) is 25.6. The van der Waals surface area contributed by atoms with Crippen molar-refractivity contribution < 1.29 is 33.8 Å². The third-order valence-corrected chi connectivity index (χ3v) is 6.70. The number of rotatable bonds is 8. The molecule has 0 spiro atoms. The first-order chi connectivity index (χ1) is 17.6. The number of hydrogen-bond donors (Lipinski definition) is 3. The van der Waals surface area contributed by atoms with E-state index < -0.39 is 64.5 Å². The molecule has 3 N–H and O–H groups in total. The molecule has 1 heterocycles. The number of ether oxygens (including phenoxy) is 2. The van der Waals surface area contributed by atoms with E-state index in [2.05, 4.69) is 17.2 Å². The number of hydrogen-bond acceptors (Lipinski definition) is 6. The zero-order valence-electron chi connectivity index (χ0n) is 22.9. The van der Waals surface area contributed by atoms with Crippen molar-refractivity contribution in [1.29, 1.82) is 0 Å². The van der Waals surface area contributed by atoms with Gasteiger partial charge in [-0.3, -0.25) is 9.59 Å². The molecule has 0 aromatic heterocycles. The first-order valence-electron chi connectivity index (χ1n) is 12.8. The highest BCUT2D eigenvalue weighted by Crippen LogP contribution is 2.45. The number of carbonyl (C=O) groups is 4. The predicted octanol–water partition coefficient (Wildman–Crippen LogP) is 3.12. The number of benzene rings is 1. The summed E-state index contributed by atoms with van der Waals surface area (Å²) in [5.74, 6) is -2.04. The van der Waals surface area contributed by atoms with Gasteiger partial charge in [-0.15, -0.1) is 6.58 Å². The fourth-order valence-electron chi connectivity index (χ4n) is 4.63. The number of nitrogens with zero attached hydrogens (tertiary/aromatic N) is 1. The van der Waals surface area contributed by atoms with Crippen LogP contribution in [0.4, 0.5) is 4.79 Å². The molecule has 10 nitrogen and oxygen atoms in total. The molecule has 1 aromatic rings. The Bertz CT molecular complexity index is 1080. The molecule has 1 aromatic carbocycles. The monoisotopic (exact) mass is 529 g/mol. The van der Waals surface area contributed by atoms with E-state index in [9.17, 15) is 24.3 Å². The van der Waals surface area contributed by atoms with E-state index in [1.807, 2.05) is 18.2 Å². The second kappa shape index (κ2) is 10.7. The summed E-state index contributed by atoms with van der Waals surface area (Å²) in [5.41, 5.74) is -2.93. The lowest BCUT2D eigenvalue weighted by Crippen LogP contribution is -2.59. The minimum Gasteiger partial charge on any atom is -0.488 e. The standard InChI is InChI=1S/C28H39N3O7/c1-8-17-15-28(17,24(34)35)30-22(32)20-14-19(37-18-12-10-9-11-13-18)16-31(20)23(33)21(26(2,3)4)29-25(36)38-27(5,6)7/h8-13,17,19-21H,1,14-16H2,2-7H3,(H,29,36)(H,30,32)(H,34,35)/t17?,19-,20+,21-,28-/m1/s1. The van der Waals surface area contributed by atoms with Gasteiger partial charge in [0, 0.05) is 12.3 Å². The number of likely N-dealkylation sites (tertiary alicyclic amines) is 1. The number of aliphatic carboxylic acids is 1. The number of amides is 3. The predicted molar refractivity (Wildman–Crippen MR) is 140 cm³/mol. The van der Waals surface area contributed by atoms with Crippen LogP contribution < -0.4 is 15.4 Å². The Balaban J connectivity index is 1.87. The van der Waals surface area contributed by atoms with Gasteiger partial charge >= 0.3 is 12.1 Å². The summed E-state index contributed by atoms with van der Waals surface area (Å²) in [7, 11) is 0. The lowest BCUT2D eigenvalue weighted by atomic mass is 9.85. The van der Waals surface area contributed by atoms with Gasteiger partial charge in [-0.1, -0.05) is 45.0 Å². The number of carboxylic acids is 1. The zero-order chi connectivity index (χ0) is 28.5. The van der Waals surface area contributed by atoms with Gasteiger partial charge < -0.3 is 30.1 Å². The van der Waals surface area contributed by atoms with Gasteiger partial charge in [-0.05, 0) is 44.7 Å². The van der Waals surface area contributed by atoms with Crippen molar-refractivity contribution in [3.63, 3.8) is 0 Å². The second-order valence-electron chi connectivity index (χ2n) is 12.1. The van der Waals surface area contributed by atoms with Crippen LogP contribution in [0.3, 0.4) is 0 Å². The first-order valence-corrected chi connectivity index (χ1v) is 12.8. The average Bonchev–Trinajstić information content (AvgIpc) is 3.36. The maximum Gasteiger partial charge on any atom is 0.408 e. The van der Waals surface area contributed by atoms with Crippen LogP contribution in [-0.4, -0.2) is 69.8 Å². The van der Waals surface area contributed by atoms with Crippen LogP contribution >= 0.6 is 0 Å². The summed E-state index contributed by atoms with van der Waals surface area (Å²) in [6.07, 6.45) is 0.624. The van der Waals surface area contributed by atoms with Crippen molar-refractivity contribution in [3.8, 4) is 5.75 Å². The van der Waals surface area contributed by atoms with Crippen LogP contribution in [0, 0.1) is 11.3 Å². The fraction of sp³-hybridized carbons (Fsp3) is 0.571. The van der Waals surface area contributed by atoms with Gasteiger partial charge in [0.1, 0.15) is 35.1 Å². The molecule has 2 aliphatic rings. The molecule has 10 heteroatoms. The molecule has 0 radical (unpaired) electrons. The van der Waals surface area contributed by atoms with Gasteiger partial charge in [0.15, 0.2) is 0 Å². The smallest absolute Gasteiger partial charge is 0.408 e. The van der Waals surface area contributed by atoms with E-state index in [0.29, 0.717) is 5.75 Å². The molecule has 2 fully saturated rings. The summed E-state index contributed by atoms with van der Waals surface area (Å²) in [5, 5.41) is 15.1. The van der Waals surface area contributed by atoms with Crippen molar-refractivity contribution in [2.45, 2.75) is 83.7 Å². The minimum atomic E-state index is -1.44. The van der Waals surface area contributed by atoms with Crippen molar-refractivity contribution in [2.24, 2.45) is 11.3 Å². The molecule has 1 unspecified atom stereocenters. The molecular formula is C28H39N3O7. The molecule has 208 valence electrons. The van der Waals surface area contributed by atoms with Crippen LogP contribution in [0.25, 0.3) is 0 Å². The van der Waals surface area contributed by atoms with Crippen LogP contribution in [0.5, 0.6) is 5.75 Å². The lowest BCUT2D eigenvalue weighted by Gasteiger charge is -2.35. The number of alkyl carbamates (subject to hydrolysis) is 1. The van der Waals surface area contributed by atoms with Crippen LogP contribution in [0.2, 0.25) is 0 Å². The van der Waals surface area contributed by atoms with Crippen molar-refractivity contribution in [2.75, 3.05) is 6.54 Å². The Hall–Kier alpha value is -3.56. The fourth-order valence-corrected chi connectivity index (χ4v) is 4.63. The minimum absolute atomic E-state index is 0.0827. The van der Waals surface area contributed by atoms with E-state index in [1.165, 1.54) is 11.0 Å². The molecule has 1 aliphatic carbocycles. The molecule has 38 heavy (non-hydrogen) atoms. The van der Waals surface area contributed by atoms with Crippen LogP contribution in [0.15, 0.2) is 43.0 Å². The lowest BCUT2D eigenvalue weighted by molar-refractivity contribution is -0.146. The van der Waals surface area contributed by atoms with E-state index in [1.54, 1.807) is 53.7 Å². The molecular weight excluding hydrogens is 490 g/mol. The first kappa shape index (κ1) is 29.0. The summed E-state index contributed by atoms with van der Waals surface area (Å²) in [6, 6.07) is 7.02. The van der Waals surface area contributed by atoms with Gasteiger partial charge in [0.25, 0.3) is 0 Å². The quantitative estimate of drug-likeness (QED) is 0.441. The molecule has 3 amide bonds. The summed E-state index contributed by atoms with van der Waals surface area (Å²) in [6.45, 7) is 14.3. The number of para-hydroxylation sites is 1. The summed E-state index contributed by atoms with van der Waals surface area (Å²) in [4.78, 5) is 53.4. The van der Waals surface area contributed by atoms with Gasteiger partial charge in [0.2, 0.25) is 11.8 Å². The Morgan fingerprint density at radius 1 is 1.13 bits per heavy atom. The van der Waals surface area contributed by atoms with Gasteiger partial charge in [-0.25, -0.2) is 9.59 Å². The molecule has 1 saturated heterocycles. The highest BCUT2D eigenvalue weighted by Gasteiger charge is 2.61. The molecule has 1 aliphatic heterocycles. The van der Waals surface area contributed by atoms with Crippen molar-refractivity contribution in [1.82, 2.24) is 15.5 Å². The van der Waals surface area contributed by atoms with Crippen LogP contribution in [-0.2, 0) is 19.1 Å². The van der Waals surface area contributed by atoms with Gasteiger partial charge in [0.05, 0.1) is 6.54 Å². The Morgan fingerprint density at radius 2 is 1.76 bits per heavy atom. The Morgan fingerprint density at radius 3 is 2.26 bits per heavy atom. The molecule has 1 saturated carbocycles. The van der Waals surface area contributed by atoms with Crippen molar-refractivity contribution >= 4 is 23.9 Å². The highest BCUT2D eigenvalue weighted by molar-refractivity contribution is 5.96. The molecule has 0 bridgehead atoms. The van der Waals surface area contributed by atoms with E-state index in [4.69, 9.17) is 9.47 Å². The second-order valence-corrected chi connectivity index (χ2v) is 12.1. The van der Waals surface area contributed by atoms with E-state index in [-0.39, 0.29) is 19.4 Å². The topological polar surface area (TPSA) is 134 Å². The number of nitrogens with one attached hydrogen (secondary N) is 2. The van der Waals surface area contributed by atoms with Gasteiger partial charge in [-0.2, -0.15) is 0 Å². The summed E-state index contributed by atoms with van der Waals surface area (Å²) < 4.78 is 11.4. The number of carbonyl (C=O) groups excluding carboxylic acids is 3. The molecule has 5 atom stereocenters. The highest BCUT2D eigenvalue weighted by atomic mass is 16.6. The third kappa shape index (κ3) is 6.65. The van der Waals surface area contributed by atoms with Crippen molar-refractivity contribution in [3.05, 3.63) is 43.0 Å². The third-order valence-electron chi connectivity index (χ3n) is 6.70. The number of carboxylic acid groups (broad SMARTS) is 1. The SMILES string of the molecule is C=CC1C[C@]1(NC(=O)[C@@H]1C[C@@H](Oc2ccccc2)CN1C(=O)[C@@H](NC(=O)OC(C)(C)C)C(C)(C)C)C(=O)O. The Labute approximate surface area is 223 Å². The zero-order valence-corrected chi connectivity index (χ0v) is 22.9. The Kier molecular flexibility index (Phi) is 8.14. The maximum absolute atomic E-state index is 13.9. The maximum atomic E-state index is 13.9. The molecule has 3 rings (SSSR count). The largest absolute Gasteiger partial charge is 0.488 e. The summed E-state index contributed by atoms with van der Waals surface area (Å²) >= 11 is 0. The van der Waals surface area contributed by atoms with E-state index >= 15 is 0 Å². The average molecular weight is 530 g/mol. The van der Waals surface area contributed by atoms with Crippen LogP contribution in [0.1, 0.15) is 54.4 Å². The van der Waals surface area contributed by atoms with E-state index in [0.717, 1.165) is 0 Å².